The number of hydrogen-bond donors (Lipinski definition) is 2. The summed E-state index contributed by atoms with van der Waals surface area (Å²) in [5.41, 5.74) is 3.46. The molecule has 2 unspecified atom stereocenters. The Bertz CT molecular complexity index is 787. The van der Waals surface area contributed by atoms with Crippen molar-refractivity contribution in [2.24, 2.45) is 0 Å². The Morgan fingerprint density at radius 2 is 1.86 bits per heavy atom. The van der Waals surface area contributed by atoms with Gasteiger partial charge >= 0.3 is 0 Å². The molecule has 2 amide bonds. The zero-order chi connectivity index (χ0) is 19.9. The molecule has 0 radical (unpaired) electrons. The fourth-order valence-electron chi connectivity index (χ4n) is 3.37. The Hall–Kier alpha value is -2.66. The number of nitrogens with one attached hydrogen (secondary N) is 2. The van der Waals surface area contributed by atoms with E-state index in [0.29, 0.717) is 12.5 Å². The lowest BCUT2D eigenvalue weighted by atomic mass is 9.99. The molecule has 5 nitrogen and oxygen atoms in total. The van der Waals surface area contributed by atoms with E-state index in [4.69, 9.17) is 4.74 Å². The lowest BCUT2D eigenvalue weighted by Crippen LogP contribution is -2.52. The van der Waals surface area contributed by atoms with E-state index in [2.05, 4.69) is 48.7 Å². The van der Waals surface area contributed by atoms with Crippen molar-refractivity contribution in [1.29, 1.82) is 0 Å². The Morgan fingerprint density at radius 1 is 1.14 bits per heavy atom. The summed E-state index contributed by atoms with van der Waals surface area (Å²) in [5.74, 6) is 0.133. The Balaban J connectivity index is 1.51. The molecule has 1 aliphatic heterocycles. The second-order valence-electron chi connectivity index (χ2n) is 7.48. The van der Waals surface area contributed by atoms with E-state index in [-0.39, 0.29) is 18.4 Å². The van der Waals surface area contributed by atoms with Crippen LogP contribution in [-0.2, 0) is 20.7 Å². The van der Waals surface area contributed by atoms with Gasteiger partial charge in [0.25, 0.3) is 5.91 Å². The van der Waals surface area contributed by atoms with Crippen molar-refractivity contribution in [3.8, 4) is 0 Å². The van der Waals surface area contributed by atoms with Crippen LogP contribution in [-0.4, -0.2) is 31.1 Å². The highest BCUT2D eigenvalue weighted by Crippen LogP contribution is 2.22. The number of carbonyl (C=O) groups is 2. The van der Waals surface area contributed by atoms with E-state index in [1.54, 1.807) is 0 Å². The first kappa shape index (κ1) is 20.1. The van der Waals surface area contributed by atoms with Gasteiger partial charge in [-0.1, -0.05) is 68.4 Å². The summed E-state index contributed by atoms with van der Waals surface area (Å²) in [6, 6.07) is 17.6. The molecule has 3 rings (SSSR count). The number of carbonyl (C=O) groups excluding carboxylic acids is 2. The topological polar surface area (TPSA) is 67.4 Å². The molecule has 148 valence electrons. The molecule has 1 heterocycles. The van der Waals surface area contributed by atoms with Gasteiger partial charge in [0.2, 0.25) is 5.91 Å². The minimum atomic E-state index is -0.717. The van der Waals surface area contributed by atoms with Gasteiger partial charge in [0.05, 0.1) is 6.04 Å². The normalized spacial score (nSPS) is 19.3. The maximum Gasteiger partial charge on any atom is 0.251 e. The number of aryl methyl sites for hydroxylation is 1. The third-order valence-electron chi connectivity index (χ3n) is 5.02. The lowest BCUT2D eigenvalue weighted by molar-refractivity contribution is -0.148. The second-order valence-corrected chi connectivity index (χ2v) is 7.48. The predicted octanol–water partition coefficient (Wildman–Crippen LogP) is 3.12. The van der Waals surface area contributed by atoms with Crippen molar-refractivity contribution in [3.63, 3.8) is 0 Å². The summed E-state index contributed by atoms with van der Waals surface area (Å²) >= 11 is 0. The van der Waals surface area contributed by atoms with Crippen molar-refractivity contribution >= 4 is 11.8 Å². The Labute approximate surface area is 166 Å². The standard InChI is InChI=1S/C23H28N2O3/c1-16(2)18-12-10-17(11-13-18)7-6-14-24-23(27)22-21(25-20(26)15-28-22)19-8-4-3-5-9-19/h3-5,8-13,16,21-22H,6-7,14-15H2,1-2H3,(H,24,27)(H,25,26). The van der Waals surface area contributed by atoms with Gasteiger partial charge in [0.15, 0.2) is 6.10 Å². The number of morpholine rings is 1. The fourth-order valence-corrected chi connectivity index (χ4v) is 3.37. The first-order chi connectivity index (χ1) is 13.5. The fraction of sp³-hybridized carbons (Fsp3) is 0.391. The van der Waals surface area contributed by atoms with E-state index in [9.17, 15) is 9.59 Å². The van der Waals surface area contributed by atoms with Gasteiger partial charge in [-0.15, -0.1) is 0 Å². The van der Waals surface area contributed by atoms with Crippen LogP contribution in [0.1, 0.15) is 48.9 Å². The number of rotatable bonds is 7. The number of amides is 2. The molecule has 1 saturated heterocycles. The van der Waals surface area contributed by atoms with Gasteiger partial charge in [0.1, 0.15) is 6.61 Å². The SMILES string of the molecule is CC(C)c1ccc(CCCNC(=O)C2OCC(=O)NC2c2ccccc2)cc1. The van der Waals surface area contributed by atoms with Crippen LogP contribution in [0, 0.1) is 0 Å². The molecule has 2 atom stereocenters. The summed E-state index contributed by atoms with van der Waals surface area (Å²) < 4.78 is 5.55. The van der Waals surface area contributed by atoms with Crippen LogP contribution < -0.4 is 10.6 Å². The number of hydrogen-bond acceptors (Lipinski definition) is 3. The van der Waals surface area contributed by atoms with Crippen LogP contribution in [0.3, 0.4) is 0 Å². The minimum absolute atomic E-state index is 0.0936. The smallest absolute Gasteiger partial charge is 0.251 e. The van der Waals surface area contributed by atoms with Gasteiger partial charge < -0.3 is 15.4 Å². The van der Waals surface area contributed by atoms with E-state index in [1.807, 2.05) is 30.3 Å². The molecule has 5 heteroatoms. The number of ether oxygens (including phenoxy) is 1. The highest BCUT2D eigenvalue weighted by molar-refractivity contribution is 5.86. The lowest BCUT2D eigenvalue weighted by Gasteiger charge is -2.31. The first-order valence-electron chi connectivity index (χ1n) is 9.87. The highest BCUT2D eigenvalue weighted by atomic mass is 16.5. The molecule has 0 spiro atoms. The first-order valence-corrected chi connectivity index (χ1v) is 9.87. The molecule has 0 saturated carbocycles. The van der Waals surface area contributed by atoms with Crippen molar-refractivity contribution in [2.75, 3.05) is 13.2 Å². The molecule has 1 fully saturated rings. The molecule has 1 aliphatic rings. The summed E-state index contributed by atoms with van der Waals surface area (Å²) in [5, 5.41) is 5.82. The van der Waals surface area contributed by atoms with Crippen LogP contribution in [0.2, 0.25) is 0 Å². The van der Waals surface area contributed by atoms with E-state index < -0.39 is 12.1 Å². The summed E-state index contributed by atoms with van der Waals surface area (Å²) in [6.45, 7) is 4.84. The summed E-state index contributed by atoms with van der Waals surface area (Å²) in [7, 11) is 0. The molecule has 0 bridgehead atoms. The number of benzene rings is 2. The Morgan fingerprint density at radius 3 is 2.54 bits per heavy atom. The molecular formula is C23H28N2O3. The minimum Gasteiger partial charge on any atom is -0.356 e. The summed E-state index contributed by atoms with van der Waals surface area (Å²) in [4.78, 5) is 24.4. The highest BCUT2D eigenvalue weighted by Gasteiger charge is 2.35. The molecule has 28 heavy (non-hydrogen) atoms. The zero-order valence-electron chi connectivity index (χ0n) is 16.5. The molecule has 0 aliphatic carbocycles. The average Bonchev–Trinajstić information content (AvgIpc) is 2.72. The molecule has 2 aromatic carbocycles. The van der Waals surface area contributed by atoms with Crippen molar-refractivity contribution in [3.05, 3.63) is 71.3 Å². The third kappa shape index (κ3) is 5.20. The molecular weight excluding hydrogens is 352 g/mol. The average molecular weight is 380 g/mol. The molecule has 2 N–H and O–H groups in total. The summed E-state index contributed by atoms with van der Waals surface area (Å²) in [6.07, 6.45) is 1.04. The van der Waals surface area contributed by atoms with Crippen molar-refractivity contribution in [2.45, 2.75) is 44.8 Å². The van der Waals surface area contributed by atoms with E-state index in [1.165, 1.54) is 11.1 Å². The van der Waals surface area contributed by atoms with Crippen LogP contribution in [0.4, 0.5) is 0 Å². The van der Waals surface area contributed by atoms with Crippen LogP contribution in [0.25, 0.3) is 0 Å². The largest absolute Gasteiger partial charge is 0.356 e. The van der Waals surface area contributed by atoms with Crippen molar-refractivity contribution in [1.82, 2.24) is 10.6 Å². The van der Waals surface area contributed by atoms with Crippen molar-refractivity contribution < 1.29 is 14.3 Å². The zero-order valence-corrected chi connectivity index (χ0v) is 16.5. The quantitative estimate of drug-likeness (QED) is 0.726. The Kier molecular flexibility index (Phi) is 6.82. The maximum absolute atomic E-state index is 12.6. The predicted molar refractivity (Wildman–Crippen MR) is 109 cm³/mol. The van der Waals surface area contributed by atoms with Gasteiger partial charge in [-0.2, -0.15) is 0 Å². The van der Waals surface area contributed by atoms with Crippen LogP contribution >= 0.6 is 0 Å². The van der Waals surface area contributed by atoms with Crippen LogP contribution in [0.15, 0.2) is 54.6 Å². The maximum atomic E-state index is 12.6. The van der Waals surface area contributed by atoms with E-state index in [0.717, 1.165) is 18.4 Å². The third-order valence-corrected chi connectivity index (χ3v) is 5.02. The second kappa shape index (κ2) is 9.51. The molecule has 0 aromatic heterocycles. The monoisotopic (exact) mass is 380 g/mol. The van der Waals surface area contributed by atoms with Gasteiger partial charge in [-0.3, -0.25) is 9.59 Å². The van der Waals surface area contributed by atoms with Crippen LogP contribution in [0.5, 0.6) is 0 Å². The van der Waals surface area contributed by atoms with Gasteiger partial charge in [0, 0.05) is 6.54 Å². The van der Waals surface area contributed by atoms with Gasteiger partial charge in [-0.05, 0) is 35.4 Å². The van der Waals surface area contributed by atoms with Gasteiger partial charge in [-0.25, -0.2) is 0 Å². The molecule has 2 aromatic rings. The van der Waals surface area contributed by atoms with E-state index >= 15 is 0 Å².